The minimum atomic E-state index is -0.0294. The van der Waals surface area contributed by atoms with Gasteiger partial charge in [0.2, 0.25) is 0 Å². The first kappa shape index (κ1) is 18.4. The predicted octanol–water partition coefficient (Wildman–Crippen LogP) is 4.78. The molecule has 7 heteroatoms. The van der Waals surface area contributed by atoms with Crippen LogP contribution in [0.25, 0.3) is 16.7 Å². The van der Waals surface area contributed by atoms with E-state index in [-0.39, 0.29) is 6.10 Å². The first-order valence-electron chi connectivity index (χ1n) is 9.92. The van der Waals surface area contributed by atoms with E-state index in [9.17, 15) is 0 Å². The molecule has 0 amide bonds. The molecule has 1 unspecified atom stereocenters. The van der Waals surface area contributed by atoms with E-state index in [1.165, 1.54) is 6.33 Å². The molecule has 5 rings (SSSR count). The van der Waals surface area contributed by atoms with E-state index in [0.717, 1.165) is 45.2 Å². The molecule has 0 fully saturated rings. The Bertz CT molecular complexity index is 1220. The van der Waals surface area contributed by atoms with Crippen molar-refractivity contribution in [2.75, 3.05) is 12.3 Å². The van der Waals surface area contributed by atoms with Crippen LogP contribution in [0.3, 0.4) is 0 Å². The summed E-state index contributed by atoms with van der Waals surface area (Å²) in [6, 6.07) is 15.5. The lowest BCUT2D eigenvalue weighted by atomic mass is 10.1. The van der Waals surface area contributed by atoms with Gasteiger partial charge in [-0.05, 0) is 50.2 Å². The van der Waals surface area contributed by atoms with Crippen LogP contribution in [0.5, 0.6) is 17.2 Å². The number of fused-ring (bicyclic) bond motifs is 3. The van der Waals surface area contributed by atoms with Crippen molar-refractivity contribution < 1.29 is 14.2 Å². The molecule has 2 aromatic heterocycles. The van der Waals surface area contributed by atoms with Gasteiger partial charge in [-0.15, -0.1) is 0 Å². The number of nitrogen functional groups attached to an aromatic ring is 1. The SMILES string of the molecule is CCOc1cccc(Oc2ccc(-n3c4c(c5ncnc(N)c53)C(C)OC4)cc2)c1. The molecule has 2 aromatic carbocycles. The van der Waals surface area contributed by atoms with E-state index >= 15 is 0 Å². The van der Waals surface area contributed by atoms with Crippen molar-refractivity contribution in [3.05, 3.63) is 66.1 Å². The number of nitrogens with two attached hydrogens (primary N) is 1. The quantitative estimate of drug-likeness (QED) is 0.517. The van der Waals surface area contributed by atoms with Crippen LogP contribution in [-0.4, -0.2) is 21.1 Å². The van der Waals surface area contributed by atoms with Crippen LogP contribution < -0.4 is 15.2 Å². The molecular formula is C23H22N4O3. The fourth-order valence-corrected chi connectivity index (χ4v) is 3.94. The van der Waals surface area contributed by atoms with Crippen LogP contribution >= 0.6 is 0 Å². The Kier molecular flexibility index (Phi) is 4.52. The van der Waals surface area contributed by atoms with Crippen LogP contribution in [0.4, 0.5) is 5.82 Å². The lowest BCUT2D eigenvalue weighted by Crippen LogP contribution is -2.03. The number of nitrogens with zero attached hydrogens (tertiary/aromatic N) is 3. The molecule has 0 aliphatic carbocycles. The average Bonchev–Trinajstić information content (AvgIpc) is 3.28. The molecule has 0 saturated carbocycles. The molecule has 0 bridgehead atoms. The summed E-state index contributed by atoms with van der Waals surface area (Å²) in [6.45, 7) is 5.11. The summed E-state index contributed by atoms with van der Waals surface area (Å²) >= 11 is 0. The van der Waals surface area contributed by atoms with Crippen molar-refractivity contribution >= 4 is 16.9 Å². The summed E-state index contributed by atoms with van der Waals surface area (Å²) in [4.78, 5) is 8.67. The van der Waals surface area contributed by atoms with Crippen molar-refractivity contribution in [2.24, 2.45) is 0 Å². The van der Waals surface area contributed by atoms with Crippen LogP contribution in [-0.2, 0) is 11.3 Å². The standard InChI is InChI=1S/C23H22N4O3/c1-3-28-17-5-4-6-18(11-17)30-16-9-7-15(8-10-16)27-19-12-29-14(2)20(19)21-22(27)23(24)26-13-25-21/h4-11,13-14H,3,12H2,1-2H3,(H2,24,25,26). The number of hydrogen-bond donors (Lipinski definition) is 1. The second-order valence-electron chi connectivity index (χ2n) is 7.11. The van der Waals surface area contributed by atoms with E-state index in [0.29, 0.717) is 19.0 Å². The van der Waals surface area contributed by atoms with Gasteiger partial charge in [0, 0.05) is 17.3 Å². The first-order chi connectivity index (χ1) is 14.7. The largest absolute Gasteiger partial charge is 0.494 e. The van der Waals surface area contributed by atoms with Crippen molar-refractivity contribution in [2.45, 2.75) is 26.6 Å². The maximum atomic E-state index is 6.22. The fourth-order valence-electron chi connectivity index (χ4n) is 3.94. The average molecular weight is 402 g/mol. The van der Waals surface area contributed by atoms with Gasteiger partial charge in [0.15, 0.2) is 5.82 Å². The monoisotopic (exact) mass is 402 g/mol. The normalized spacial score (nSPS) is 15.3. The summed E-state index contributed by atoms with van der Waals surface area (Å²) in [5, 5.41) is 0. The minimum Gasteiger partial charge on any atom is -0.494 e. The fraction of sp³-hybridized carbons (Fsp3) is 0.217. The molecule has 1 atom stereocenters. The molecule has 2 N–H and O–H groups in total. The maximum Gasteiger partial charge on any atom is 0.151 e. The van der Waals surface area contributed by atoms with Gasteiger partial charge >= 0.3 is 0 Å². The number of anilines is 1. The van der Waals surface area contributed by atoms with Crippen LogP contribution in [0.1, 0.15) is 31.2 Å². The van der Waals surface area contributed by atoms with Crippen molar-refractivity contribution in [1.82, 2.24) is 14.5 Å². The summed E-state index contributed by atoms with van der Waals surface area (Å²) < 4.78 is 19.5. The molecule has 0 radical (unpaired) electrons. The van der Waals surface area contributed by atoms with Gasteiger partial charge in [0.25, 0.3) is 0 Å². The predicted molar refractivity (Wildman–Crippen MR) is 114 cm³/mol. The molecule has 30 heavy (non-hydrogen) atoms. The van der Waals surface area contributed by atoms with Gasteiger partial charge < -0.3 is 24.5 Å². The van der Waals surface area contributed by atoms with Gasteiger partial charge in [0.05, 0.1) is 25.0 Å². The Hall–Kier alpha value is -3.58. The highest BCUT2D eigenvalue weighted by molar-refractivity contribution is 5.91. The van der Waals surface area contributed by atoms with Crippen LogP contribution in [0.15, 0.2) is 54.9 Å². The molecule has 3 heterocycles. The Morgan fingerprint density at radius 2 is 1.90 bits per heavy atom. The Morgan fingerprint density at radius 3 is 2.70 bits per heavy atom. The van der Waals surface area contributed by atoms with E-state index in [2.05, 4.69) is 14.5 Å². The van der Waals surface area contributed by atoms with Crippen molar-refractivity contribution in [3.63, 3.8) is 0 Å². The highest BCUT2D eigenvalue weighted by atomic mass is 16.5. The molecule has 1 aliphatic heterocycles. The molecule has 4 aromatic rings. The zero-order valence-corrected chi connectivity index (χ0v) is 16.8. The zero-order valence-electron chi connectivity index (χ0n) is 16.8. The Balaban J connectivity index is 1.51. The highest BCUT2D eigenvalue weighted by Gasteiger charge is 2.30. The maximum absolute atomic E-state index is 6.22. The first-order valence-corrected chi connectivity index (χ1v) is 9.92. The lowest BCUT2D eigenvalue weighted by molar-refractivity contribution is 0.0783. The third-order valence-electron chi connectivity index (χ3n) is 5.23. The Labute approximate surface area is 174 Å². The minimum absolute atomic E-state index is 0.0294. The van der Waals surface area contributed by atoms with Crippen LogP contribution in [0.2, 0.25) is 0 Å². The van der Waals surface area contributed by atoms with Gasteiger partial charge in [-0.25, -0.2) is 9.97 Å². The molecule has 0 saturated heterocycles. The molecule has 0 spiro atoms. The topological polar surface area (TPSA) is 84.4 Å². The van der Waals surface area contributed by atoms with E-state index in [4.69, 9.17) is 19.9 Å². The zero-order chi connectivity index (χ0) is 20.7. The summed E-state index contributed by atoms with van der Waals surface area (Å²) in [6.07, 6.45) is 1.47. The number of hydrogen-bond acceptors (Lipinski definition) is 6. The molecular weight excluding hydrogens is 380 g/mol. The van der Waals surface area contributed by atoms with Gasteiger partial charge in [-0.1, -0.05) is 6.07 Å². The summed E-state index contributed by atoms with van der Waals surface area (Å²) in [5.41, 5.74) is 11.0. The second kappa shape index (κ2) is 7.35. The summed E-state index contributed by atoms with van der Waals surface area (Å²) in [5.74, 6) is 2.69. The van der Waals surface area contributed by atoms with E-state index in [1.54, 1.807) is 0 Å². The highest BCUT2D eigenvalue weighted by Crippen LogP contribution is 2.40. The Morgan fingerprint density at radius 1 is 1.10 bits per heavy atom. The van der Waals surface area contributed by atoms with Crippen LogP contribution in [0, 0.1) is 0 Å². The smallest absolute Gasteiger partial charge is 0.151 e. The molecule has 152 valence electrons. The summed E-state index contributed by atoms with van der Waals surface area (Å²) in [7, 11) is 0. The van der Waals surface area contributed by atoms with Gasteiger partial charge in [-0.3, -0.25) is 0 Å². The number of ether oxygens (including phenoxy) is 3. The van der Waals surface area contributed by atoms with Gasteiger partial charge in [-0.2, -0.15) is 0 Å². The molecule has 7 nitrogen and oxygen atoms in total. The lowest BCUT2D eigenvalue weighted by Gasteiger charge is -2.12. The van der Waals surface area contributed by atoms with E-state index in [1.807, 2.05) is 62.4 Å². The van der Waals surface area contributed by atoms with Crippen molar-refractivity contribution in [3.8, 4) is 22.9 Å². The number of aromatic nitrogens is 3. The van der Waals surface area contributed by atoms with Gasteiger partial charge in [0.1, 0.15) is 34.6 Å². The van der Waals surface area contributed by atoms with E-state index < -0.39 is 0 Å². The molecule has 1 aliphatic rings. The third kappa shape index (κ3) is 3.04. The second-order valence-corrected chi connectivity index (χ2v) is 7.11. The van der Waals surface area contributed by atoms with Crippen molar-refractivity contribution in [1.29, 1.82) is 0 Å². The third-order valence-corrected chi connectivity index (χ3v) is 5.23. The number of benzene rings is 2. The number of rotatable bonds is 5.